The fourth-order valence-corrected chi connectivity index (χ4v) is 2.24. The van der Waals surface area contributed by atoms with E-state index in [-0.39, 0.29) is 31.3 Å². The van der Waals surface area contributed by atoms with E-state index in [2.05, 4.69) is 4.74 Å². The zero-order valence-electron chi connectivity index (χ0n) is 12.1. The molecule has 23 heavy (non-hydrogen) atoms. The minimum absolute atomic E-state index is 0.00594. The number of alkyl halides is 1. The number of nitrogens with zero attached hydrogens (tertiary/aromatic N) is 3. The molecule has 0 fully saturated rings. The Morgan fingerprint density at radius 1 is 1.30 bits per heavy atom. The van der Waals surface area contributed by atoms with E-state index in [4.69, 9.17) is 16.7 Å². The first-order chi connectivity index (χ1) is 10.9. The second-order valence-corrected chi connectivity index (χ2v) is 4.61. The molecule has 0 radical (unpaired) electrons. The third-order valence-electron chi connectivity index (χ3n) is 2.97. The van der Waals surface area contributed by atoms with Crippen molar-refractivity contribution in [2.24, 2.45) is 0 Å². The van der Waals surface area contributed by atoms with Crippen LogP contribution in [0.5, 0.6) is 0 Å². The van der Waals surface area contributed by atoms with Crippen molar-refractivity contribution in [2.75, 3.05) is 37.6 Å². The lowest BCUT2D eigenvalue weighted by atomic mass is 10.1. The molecule has 0 atom stereocenters. The summed E-state index contributed by atoms with van der Waals surface area (Å²) in [6.45, 7) is -0.175. The van der Waals surface area contributed by atoms with Crippen molar-refractivity contribution >= 4 is 34.6 Å². The molecule has 0 aliphatic heterocycles. The van der Waals surface area contributed by atoms with Gasteiger partial charge >= 0.3 is 11.7 Å². The standard InChI is InChI=1S/C12H14ClN3O7/c1-23-12(18)10-8(15(19)20)2-3-9(11(10)16(21)22)14(5-4-13)6-7-17/h2-3,17H,4-7H2,1H3. The van der Waals surface area contributed by atoms with E-state index in [1.807, 2.05) is 0 Å². The second kappa shape index (κ2) is 8.25. The minimum Gasteiger partial charge on any atom is -0.465 e. The molecule has 10 nitrogen and oxygen atoms in total. The molecule has 0 aliphatic carbocycles. The van der Waals surface area contributed by atoms with Crippen molar-refractivity contribution in [1.29, 1.82) is 0 Å². The van der Waals surface area contributed by atoms with Gasteiger partial charge in [-0.05, 0) is 6.07 Å². The molecular weight excluding hydrogens is 334 g/mol. The predicted molar refractivity (Wildman–Crippen MR) is 81.1 cm³/mol. The summed E-state index contributed by atoms with van der Waals surface area (Å²) in [5, 5.41) is 31.5. The van der Waals surface area contributed by atoms with Gasteiger partial charge in [0.25, 0.3) is 5.69 Å². The molecule has 11 heteroatoms. The van der Waals surface area contributed by atoms with Crippen LogP contribution < -0.4 is 4.90 Å². The zero-order chi connectivity index (χ0) is 17.6. The van der Waals surface area contributed by atoms with Gasteiger partial charge in [0.1, 0.15) is 5.69 Å². The first kappa shape index (κ1) is 18.6. The summed E-state index contributed by atoms with van der Waals surface area (Å²) >= 11 is 5.63. The maximum absolute atomic E-state index is 11.8. The highest BCUT2D eigenvalue weighted by Gasteiger charge is 2.36. The summed E-state index contributed by atoms with van der Waals surface area (Å²) in [6, 6.07) is 2.12. The number of anilines is 1. The van der Waals surface area contributed by atoms with E-state index in [1.54, 1.807) is 0 Å². The van der Waals surface area contributed by atoms with Crippen LogP contribution in [0.2, 0.25) is 0 Å². The molecule has 0 spiro atoms. The molecule has 0 saturated carbocycles. The Morgan fingerprint density at radius 2 is 1.96 bits per heavy atom. The fraction of sp³-hybridized carbons (Fsp3) is 0.417. The quantitative estimate of drug-likeness (QED) is 0.322. The van der Waals surface area contributed by atoms with Crippen LogP contribution in [0.15, 0.2) is 12.1 Å². The van der Waals surface area contributed by atoms with Gasteiger partial charge in [-0.15, -0.1) is 11.6 Å². The Morgan fingerprint density at radius 3 is 2.39 bits per heavy atom. The van der Waals surface area contributed by atoms with Gasteiger partial charge < -0.3 is 14.7 Å². The summed E-state index contributed by atoms with van der Waals surface area (Å²) in [6.07, 6.45) is 0. The molecular formula is C12H14ClN3O7. The number of carbonyl (C=O) groups excluding carboxylic acids is 1. The lowest BCUT2D eigenvalue weighted by Crippen LogP contribution is -2.30. The van der Waals surface area contributed by atoms with Gasteiger partial charge in [0.2, 0.25) is 5.56 Å². The number of benzene rings is 1. The molecule has 1 aromatic carbocycles. The first-order valence-corrected chi connectivity index (χ1v) is 6.88. The molecule has 1 aromatic rings. The number of hydrogen-bond donors (Lipinski definition) is 1. The number of nitro benzene ring substituents is 2. The molecule has 0 aromatic heterocycles. The molecule has 1 rings (SSSR count). The Labute approximate surface area is 135 Å². The van der Waals surface area contributed by atoms with Crippen molar-refractivity contribution in [3.8, 4) is 0 Å². The van der Waals surface area contributed by atoms with E-state index >= 15 is 0 Å². The Hall–Kier alpha value is -2.46. The Balaban J connectivity index is 3.68. The zero-order valence-corrected chi connectivity index (χ0v) is 12.9. The highest BCUT2D eigenvalue weighted by atomic mass is 35.5. The molecule has 0 heterocycles. The number of carbonyl (C=O) groups is 1. The van der Waals surface area contributed by atoms with Gasteiger partial charge in [0.05, 0.1) is 23.6 Å². The number of nitro groups is 2. The summed E-state index contributed by atoms with van der Waals surface area (Å²) in [5.74, 6) is -1.10. The van der Waals surface area contributed by atoms with E-state index in [9.17, 15) is 25.0 Å². The number of halogens is 1. The van der Waals surface area contributed by atoms with Crippen LogP contribution in [-0.4, -0.2) is 53.6 Å². The van der Waals surface area contributed by atoms with Gasteiger partial charge in [-0.3, -0.25) is 20.2 Å². The third kappa shape index (κ3) is 4.05. The van der Waals surface area contributed by atoms with Gasteiger partial charge in [0.15, 0.2) is 0 Å². The molecule has 0 aliphatic rings. The number of ether oxygens (including phenoxy) is 1. The number of hydrogen-bond acceptors (Lipinski definition) is 8. The third-order valence-corrected chi connectivity index (χ3v) is 3.14. The average molecular weight is 348 g/mol. The summed E-state index contributed by atoms with van der Waals surface area (Å²) < 4.78 is 4.43. The Kier molecular flexibility index (Phi) is 6.66. The monoisotopic (exact) mass is 347 g/mol. The highest BCUT2D eigenvalue weighted by molar-refractivity contribution is 6.18. The van der Waals surface area contributed by atoms with Crippen LogP contribution in [0.3, 0.4) is 0 Å². The summed E-state index contributed by atoms with van der Waals surface area (Å²) in [4.78, 5) is 33.8. The van der Waals surface area contributed by atoms with Gasteiger partial charge in [-0.25, -0.2) is 4.79 Å². The van der Waals surface area contributed by atoms with E-state index in [1.165, 1.54) is 4.90 Å². The van der Waals surface area contributed by atoms with Gasteiger partial charge in [0, 0.05) is 25.0 Å². The number of rotatable bonds is 8. The Bertz CT molecular complexity index is 617. The maximum Gasteiger partial charge on any atom is 0.352 e. The number of esters is 1. The topological polar surface area (TPSA) is 136 Å². The fourth-order valence-electron chi connectivity index (χ4n) is 2.04. The van der Waals surface area contributed by atoms with E-state index in [0.29, 0.717) is 0 Å². The molecule has 0 unspecified atom stereocenters. The second-order valence-electron chi connectivity index (χ2n) is 4.23. The summed E-state index contributed by atoms with van der Waals surface area (Å²) in [5.41, 5.74) is -2.31. The van der Waals surface area contributed by atoms with Crippen LogP contribution in [0, 0.1) is 20.2 Å². The van der Waals surface area contributed by atoms with E-state index in [0.717, 1.165) is 19.2 Å². The summed E-state index contributed by atoms with van der Waals surface area (Å²) in [7, 11) is 0.965. The molecule has 1 N–H and O–H groups in total. The van der Waals surface area contributed by atoms with Crippen LogP contribution in [-0.2, 0) is 4.74 Å². The molecule has 0 saturated heterocycles. The number of methoxy groups -OCH3 is 1. The average Bonchev–Trinajstić information content (AvgIpc) is 2.52. The molecule has 0 amide bonds. The maximum atomic E-state index is 11.8. The van der Waals surface area contributed by atoms with Crippen LogP contribution in [0.25, 0.3) is 0 Å². The number of aliphatic hydroxyl groups excluding tert-OH is 1. The largest absolute Gasteiger partial charge is 0.465 e. The van der Waals surface area contributed by atoms with Crippen molar-refractivity contribution in [1.82, 2.24) is 0 Å². The highest BCUT2D eigenvalue weighted by Crippen LogP contribution is 2.38. The molecule has 0 bridgehead atoms. The minimum atomic E-state index is -1.19. The predicted octanol–water partition coefficient (Wildman–Crippen LogP) is 1.33. The smallest absolute Gasteiger partial charge is 0.352 e. The van der Waals surface area contributed by atoms with Crippen molar-refractivity contribution in [2.45, 2.75) is 0 Å². The lowest BCUT2D eigenvalue weighted by molar-refractivity contribution is -0.394. The van der Waals surface area contributed by atoms with Crippen LogP contribution in [0.1, 0.15) is 10.4 Å². The van der Waals surface area contributed by atoms with E-state index < -0.39 is 32.8 Å². The van der Waals surface area contributed by atoms with Crippen molar-refractivity contribution in [3.63, 3.8) is 0 Å². The van der Waals surface area contributed by atoms with Gasteiger partial charge in [-0.1, -0.05) is 0 Å². The normalized spacial score (nSPS) is 10.2. The van der Waals surface area contributed by atoms with Crippen LogP contribution >= 0.6 is 11.6 Å². The SMILES string of the molecule is COC(=O)c1c([N+](=O)[O-])ccc(N(CCO)CCCl)c1[N+](=O)[O-]. The van der Waals surface area contributed by atoms with Crippen LogP contribution in [0.4, 0.5) is 17.1 Å². The first-order valence-electron chi connectivity index (χ1n) is 6.34. The number of aliphatic hydroxyl groups is 1. The van der Waals surface area contributed by atoms with Crippen molar-refractivity contribution in [3.05, 3.63) is 37.9 Å². The molecule has 126 valence electrons. The van der Waals surface area contributed by atoms with Crippen molar-refractivity contribution < 1.29 is 24.5 Å². The van der Waals surface area contributed by atoms with Gasteiger partial charge in [-0.2, -0.15) is 0 Å². The lowest BCUT2D eigenvalue weighted by Gasteiger charge is -2.23.